The molecule has 6 heteroatoms. The van der Waals surface area contributed by atoms with Gasteiger partial charge in [0.15, 0.2) is 0 Å². The molecule has 1 aliphatic rings. The van der Waals surface area contributed by atoms with Crippen LogP contribution in [0.1, 0.15) is 19.8 Å². The second-order valence-corrected chi connectivity index (χ2v) is 4.67. The van der Waals surface area contributed by atoms with Gasteiger partial charge in [-0.3, -0.25) is 4.79 Å². The lowest BCUT2D eigenvalue weighted by atomic mass is 10.1. The highest BCUT2D eigenvalue weighted by Crippen LogP contribution is 2.15. The van der Waals surface area contributed by atoms with Crippen LogP contribution in [0.4, 0.5) is 4.79 Å². The first-order valence-electron chi connectivity index (χ1n) is 5.88. The average molecular weight is 244 g/mol. The van der Waals surface area contributed by atoms with Crippen molar-refractivity contribution in [3.05, 3.63) is 0 Å². The molecule has 0 aromatic heterocycles. The van der Waals surface area contributed by atoms with Gasteiger partial charge in [0.1, 0.15) is 0 Å². The van der Waals surface area contributed by atoms with Crippen LogP contribution in [-0.4, -0.2) is 53.4 Å². The van der Waals surface area contributed by atoms with Crippen LogP contribution < -0.4 is 5.32 Å². The number of likely N-dealkylation sites (tertiary alicyclic amines) is 1. The molecule has 1 rings (SSSR count). The predicted octanol–water partition coefficient (Wildman–Crippen LogP) is 0.121. The first-order chi connectivity index (χ1) is 8.02. The van der Waals surface area contributed by atoms with Crippen molar-refractivity contribution in [3.63, 3.8) is 0 Å². The number of nitrogens with one attached hydrogen (secondary N) is 1. The first kappa shape index (κ1) is 13.8. The zero-order valence-electron chi connectivity index (χ0n) is 10.1. The molecule has 0 aromatic rings. The average Bonchev–Trinajstić information content (AvgIpc) is 2.73. The third-order valence-corrected chi connectivity index (χ3v) is 2.96. The Labute approximate surface area is 101 Å². The number of urea groups is 1. The normalized spacial score (nSPS) is 21.3. The smallest absolute Gasteiger partial charge is 0.317 e. The van der Waals surface area contributed by atoms with Gasteiger partial charge in [-0.15, -0.1) is 0 Å². The molecule has 0 aromatic carbocycles. The molecule has 98 valence electrons. The van der Waals surface area contributed by atoms with Gasteiger partial charge in [-0.1, -0.05) is 6.92 Å². The number of amides is 2. The molecule has 0 saturated carbocycles. The lowest BCUT2D eigenvalue weighted by Crippen LogP contribution is -2.40. The van der Waals surface area contributed by atoms with Crippen LogP contribution >= 0.6 is 0 Å². The molecule has 6 nitrogen and oxygen atoms in total. The van der Waals surface area contributed by atoms with Crippen LogP contribution in [0.15, 0.2) is 0 Å². The van der Waals surface area contributed by atoms with Crippen LogP contribution in [0.2, 0.25) is 0 Å². The lowest BCUT2D eigenvalue weighted by Gasteiger charge is -2.18. The van der Waals surface area contributed by atoms with E-state index in [0.29, 0.717) is 19.6 Å². The summed E-state index contributed by atoms with van der Waals surface area (Å²) in [5.74, 6) is -0.752. The van der Waals surface area contributed by atoms with Gasteiger partial charge in [-0.2, -0.15) is 0 Å². The van der Waals surface area contributed by atoms with Gasteiger partial charge < -0.3 is 20.4 Å². The van der Waals surface area contributed by atoms with E-state index < -0.39 is 5.97 Å². The molecule has 0 bridgehead atoms. The van der Waals surface area contributed by atoms with Crippen LogP contribution in [0.25, 0.3) is 0 Å². The summed E-state index contributed by atoms with van der Waals surface area (Å²) < 4.78 is 0. The topological polar surface area (TPSA) is 89.9 Å². The van der Waals surface area contributed by atoms with E-state index in [1.54, 1.807) is 11.8 Å². The fourth-order valence-electron chi connectivity index (χ4n) is 1.91. The quantitative estimate of drug-likeness (QED) is 0.641. The van der Waals surface area contributed by atoms with E-state index in [9.17, 15) is 9.59 Å². The number of aliphatic hydroxyl groups is 1. The molecular formula is C11H20N2O4. The molecule has 0 spiro atoms. The molecule has 1 saturated heterocycles. The molecule has 1 fully saturated rings. The Kier molecular flexibility index (Phi) is 5.21. The fraction of sp³-hybridized carbons (Fsp3) is 0.818. The summed E-state index contributed by atoms with van der Waals surface area (Å²) in [5.41, 5.74) is 0. The highest BCUT2D eigenvalue weighted by molar-refractivity contribution is 5.74. The molecule has 0 aliphatic carbocycles. The Hall–Kier alpha value is -1.30. The highest BCUT2D eigenvalue weighted by atomic mass is 16.4. The summed E-state index contributed by atoms with van der Waals surface area (Å²) in [6.45, 7) is 3.50. The molecule has 1 heterocycles. The van der Waals surface area contributed by atoms with Crippen molar-refractivity contribution in [1.29, 1.82) is 0 Å². The highest BCUT2D eigenvalue weighted by Gasteiger charge is 2.25. The van der Waals surface area contributed by atoms with Crippen molar-refractivity contribution in [1.82, 2.24) is 10.2 Å². The van der Waals surface area contributed by atoms with Gasteiger partial charge in [0.25, 0.3) is 0 Å². The minimum atomic E-state index is -0.853. The van der Waals surface area contributed by atoms with Crippen LogP contribution in [-0.2, 0) is 4.79 Å². The number of nitrogens with zero attached hydrogens (tertiary/aromatic N) is 1. The Bertz CT molecular complexity index is 283. The summed E-state index contributed by atoms with van der Waals surface area (Å²) in [4.78, 5) is 23.8. The molecular weight excluding hydrogens is 224 g/mol. The third kappa shape index (κ3) is 4.60. The van der Waals surface area contributed by atoms with Gasteiger partial charge >= 0.3 is 12.0 Å². The van der Waals surface area contributed by atoms with Gasteiger partial charge in [0.2, 0.25) is 0 Å². The number of carboxylic acid groups (broad SMARTS) is 1. The van der Waals surface area contributed by atoms with Gasteiger partial charge in [-0.25, -0.2) is 4.79 Å². The van der Waals surface area contributed by atoms with E-state index in [1.807, 2.05) is 0 Å². The Morgan fingerprint density at radius 2 is 2.24 bits per heavy atom. The number of carboxylic acids is 1. The number of hydrogen-bond acceptors (Lipinski definition) is 3. The minimum absolute atomic E-state index is 0.0551. The van der Waals surface area contributed by atoms with Gasteiger partial charge in [-0.05, 0) is 12.3 Å². The number of aliphatic hydroxyl groups excluding tert-OH is 1. The van der Waals surface area contributed by atoms with Crippen molar-refractivity contribution in [2.45, 2.75) is 19.8 Å². The number of carbonyl (C=O) groups is 2. The molecule has 3 N–H and O–H groups in total. The molecule has 0 radical (unpaired) electrons. The summed E-state index contributed by atoms with van der Waals surface area (Å²) in [6.07, 6.45) is 0.883. The third-order valence-electron chi connectivity index (χ3n) is 2.96. The zero-order valence-corrected chi connectivity index (χ0v) is 10.1. The van der Waals surface area contributed by atoms with E-state index in [0.717, 1.165) is 6.42 Å². The van der Waals surface area contributed by atoms with Gasteiger partial charge in [0, 0.05) is 38.6 Å². The van der Waals surface area contributed by atoms with Crippen molar-refractivity contribution >= 4 is 12.0 Å². The standard InChI is InChI=1S/C11H20N2O4/c1-8(4-10(15)16)5-12-11(17)13-3-2-9(6-13)7-14/h8-9,14H,2-7H2,1H3,(H,12,17)(H,15,16). The number of carbonyl (C=O) groups excluding carboxylic acids is 1. The maximum Gasteiger partial charge on any atom is 0.317 e. The van der Waals surface area contributed by atoms with Crippen LogP contribution in [0.5, 0.6) is 0 Å². The molecule has 17 heavy (non-hydrogen) atoms. The lowest BCUT2D eigenvalue weighted by molar-refractivity contribution is -0.137. The Morgan fingerprint density at radius 1 is 1.53 bits per heavy atom. The molecule has 2 atom stereocenters. The van der Waals surface area contributed by atoms with Crippen LogP contribution in [0.3, 0.4) is 0 Å². The van der Waals surface area contributed by atoms with E-state index in [1.165, 1.54) is 0 Å². The van der Waals surface area contributed by atoms with Crippen molar-refractivity contribution in [2.75, 3.05) is 26.2 Å². The second-order valence-electron chi connectivity index (χ2n) is 4.67. The summed E-state index contributed by atoms with van der Waals surface area (Å²) in [5, 5.41) is 20.3. The summed E-state index contributed by atoms with van der Waals surface area (Å²) in [7, 11) is 0. The Balaban J connectivity index is 2.23. The molecule has 2 amide bonds. The second kappa shape index (κ2) is 6.44. The largest absolute Gasteiger partial charge is 0.481 e. The summed E-state index contributed by atoms with van der Waals surface area (Å²) in [6, 6.07) is -0.168. The van der Waals surface area contributed by atoms with E-state index in [2.05, 4.69) is 5.32 Å². The molecule has 1 aliphatic heterocycles. The Morgan fingerprint density at radius 3 is 2.76 bits per heavy atom. The van der Waals surface area contributed by atoms with E-state index in [-0.39, 0.29) is 30.9 Å². The fourth-order valence-corrected chi connectivity index (χ4v) is 1.91. The maximum absolute atomic E-state index is 11.7. The minimum Gasteiger partial charge on any atom is -0.481 e. The van der Waals surface area contributed by atoms with Crippen molar-refractivity contribution < 1.29 is 19.8 Å². The van der Waals surface area contributed by atoms with Crippen LogP contribution in [0, 0.1) is 11.8 Å². The number of aliphatic carboxylic acids is 1. The maximum atomic E-state index is 11.7. The van der Waals surface area contributed by atoms with Crippen molar-refractivity contribution in [2.24, 2.45) is 11.8 Å². The molecule has 2 unspecified atom stereocenters. The van der Waals surface area contributed by atoms with Gasteiger partial charge in [0.05, 0.1) is 0 Å². The first-order valence-corrected chi connectivity index (χ1v) is 5.88. The monoisotopic (exact) mass is 244 g/mol. The number of hydrogen-bond donors (Lipinski definition) is 3. The number of rotatable bonds is 5. The van der Waals surface area contributed by atoms with E-state index in [4.69, 9.17) is 10.2 Å². The van der Waals surface area contributed by atoms with E-state index >= 15 is 0 Å². The van der Waals surface area contributed by atoms with Crippen molar-refractivity contribution in [3.8, 4) is 0 Å². The predicted molar refractivity (Wildman–Crippen MR) is 61.6 cm³/mol. The SMILES string of the molecule is CC(CNC(=O)N1CCC(CO)C1)CC(=O)O. The summed E-state index contributed by atoms with van der Waals surface area (Å²) >= 11 is 0. The zero-order chi connectivity index (χ0) is 12.8.